The van der Waals surface area contributed by atoms with Crippen molar-refractivity contribution in [1.29, 1.82) is 0 Å². The Morgan fingerprint density at radius 3 is 2.12 bits per heavy atom. The summed E-state index contributed by atoms with van der Waals surface area (Å²) in [6, 6.07) is 32.1. The van der Waals surface area contributed by atoms with Crippen LogP contribution >= 0.6 is 0 Å². The third-order valence-electron chi connectivity index (χ3n) is 12.9. The summed E-state index contributed by atoms with van der Waals surface area (Å²) in [6.45, 7) is 27.3. The normalized spacial score (nSPS) is 16.1. The molecule has 0 bridgehead atoms. The quantitative estimate of drug-likeness (QED) is 0.0897. The highest BCUT2D eigenvalue weighted by Crippen LogP contribution is 2.44. The average Bonchev–Trinajstić information content (AvgIpc) is 3.50. The van der Waals surface area contributed by atoms with Crippen molar-refractivity contribution in [2.75, 3.05) is 4.90 Å². The summed E-state index contributed by atoms with van der Waals surface area (Å²) in [5.74, 6) is 0.426. The maximum Gasteiger partial charge on any atom is 0.0550 e. The van der Waals surface area contributed by atoms with Crippen LogP contribution in [0.3, 0.4) is 0 Å². The topological polar surface area (TPSA) is 8.17 Å². The predicted octanol–water partition coefficient (Wildman–Crippen LogP) is 19.2. The summed E-state index contributed by atoms with van der Waals surface area (Å²) in [6.07, 6.45) is 37.5. The molecule has 2 heteroatoms. The van der Waals surface area contributed by atoms with Crippen molar-refractivity contribution < 1.29 is 0 Å². The van der Waals surface area contributed by atoms with E-state index in [-0.39, 0.29) is 10.8 Å². The first-order valence-corrected chi connectivity index (χ1v) is 24.9. The molecule has 344 valence electrons. The Kier molecular flexibility index (Phi) is 16.9. The van der Waals surface area contributed by atoms with Gasteiger partial charge in [-0.1, -0.05) is 190 Å². The molecule has 1 aliphatic rings. The number of rotatable bonds is 16. The van der Waals surface area contributed by atoms with Crippen LogP contribution in [0.5, 0.6) is 0 Å². The Morgan fingerprint density at radius 1 is 0.742 bits per heavy atom. The van der Waals surface area contributed by atoms with E-state index in [1.165, 1.54) is 83.5 Å². The largest absolute Gasteiger partial charge is 0.314 e. The third-order valence-corrected chi connectivity index (χ3v) is 12.9. The van der Waals surface area contributed by atoms with E-state index in [1.54, 1.807) is 0 Å². The number of nitrogens with zero attached hydrogens (tertiary/aromatic N) is 2. The molecule has 4 aromatic carbocycles. The van der Waals surface area contributed by atoms with E-state index in [4.69, 9.17) is 0 Å². The third kappa shape index (κ3) is 11.6. The number of anilines is 1. The zero-order valence-corrected chi connectivity index (χ0v) is 42.5. The highest BCUT2D eigenvalue weighted by atomic mass is 15.2. The molecule has 66 heavy (non-hydrogen) atoms. The van der Waals surface area contributed by atoms with Crippen molar-refractivity contribution in [3.05, 3.63) is 198 Å². The fraction of sp³-hybridized carbons (Fsp3) is 0.344. The molecule has 6 rings (SSSR count). The van der Waals surface area contributed by atoms with Crippen molar-refractivity contribution in [2.45, 2.75) is 139 Å². The van der Waals surface area contributed by atoms with E-state index in [2.05, 4.69) is 256 Å². The molecule has 5 aromatic rings. The number of aromatic nitrogens is 1. The lowest BCUT2D eigenvalue weighted by Crippen LogP contribution is -2.20. The molecule has 1 aliphatic carbocycles. The molecule has 0 saturated heterocycles. The first-order valence-electron chi connectivity index (χ1n) is 24.9. The van der Waals surface area contributed by atoms with E-state index in [9.17, 15) is 0 Å². The van der Waals surface area contributed by atoms with Crippen molar-refractivity contribution in [1.82, 2.24) is 4.57 Å². The predicted molar refractivity (Wildman–Crippen MR) is 294 cm³/mol. The Labute approximate surface area is 399 Å². The molecule has 0 amide bonds. The number of fused-ring (bicyclic) bond motifs is 3. The van der Waals surface area contributed by atoms with Gasteiger partial charge in [0.2, 0.25) is 0 Å². The van der Waals surface area contributed by atoms with Crippen LogP contribution in [-0.4, -0.2) is 4.57 Å². The van der Waals surface area contributed by atoms with E-state index < -0.39 is 0 Å². The summed E-state index contributed by atoms with van der Waals surface area (Å²) in [5, 5.41) is 2.60. The maximum absolute atomic E-state index is 2.57. The average molecular weight is 875 g/mol. The van der Waals surface area contributed by atoms with Crippen LogP contribution in [0.15, 0.2) is 181 Å². The number of benzene rings is 4. The Bertz CT molecular complexity index is 2730. The zero-order chi connectivity index (χ0) is 47.4. The number of allylic oxidation sites excluding steroid dienone is 17. The lowest BCUT2D eigenvalue weighted by Gasteiger charge is -2.30. The lowest BCUT2D eigenvalue weighted by molar-refractivity contribution is 0.588. The SMILES string of the molecule is C/C=C\C=C/CC1CCC=C(N(/C(C)=C/C(=C\CCC)c2cc(C(C)(C)C)cc3c2c2ccc(C(C)(C)C)cc2n3C(/C=C\C)=C/CCC)c2ccccc2-c2ccccc2)C=C1/C=C\C. The smallest absolute Gasteiger partial charge is 0.0550 e. The van der Waals surface area contributed by atoms with Gasteiger partial charge in [0.1, 0.15) is 0 Å². The summed E-state index contributed by atoms with van der Waals surface area (Å²) in [7, 11) is 0. The summed E-state index contributed by atoms with van der Waals surface area (Å²) >= 11 is 0. The van der Waals surface area contributed by atoms with Gasteiger partial charge in [0.25, 0.3) is 0 Å². The van der Waals surface area contributed by atoms with Crippen molar-refractivity contribution in [3.63, 3.8) is 0 Å². The molecular weight excluding hydrogens is 797 g/mol. The highest BCUT2D eigenvalue weighted by molar-refractivity contribution is 6.16. The molecule has 0 aliphatic heterocycles. The molecule has 0 radical (unpaired) electrons. The fourth-order valence-corrected chi connectivity index (χ4v) is 9.31. The maximum atomic E-state index is 2.57. The summed E-state index contributed by atoms with van der Waals surface area (Å²) in [4.78, 5) is 2.55. The van der Waals surface area contributed by atoms with Gasteiger partial charge in [-0.3, -0.25) is 0 Å². The zero-order valence-electron chi connectivity index (χ0n) is 42.5. The standard InChI is InChI=1S/C64H78N2/c1-13-18-21-23-32-48-35-28-37-55(43-50(48)29-16-4)65(59-39-27-26-38-56(59)49-33-24-22-25-34-49)47(6)42-51(31-19-14-2)58-44-53(64(10,11)12)46-61-62(58)57-41-40-52(63(7,8)9)45-60(57)66(61)54(30-17-5)36-20-15-3/h13,16-18,21-27,29-31,33-34,36-46,48H,14-15,19-20,28,32,35H2,1-12H3/b18-13-,23-21-,29-16-,30-17-,47-42+,51-31+,54-36+. The Balaban J connectivity index is 1.70. The minimum Gasteiger partial charge on any atom is -0.314 e. The monoisotopic (exact) mass is 875 g/mol. The molecular formula is C64H78N2. The Morgan fingerprint density at radius 2 is 1.44 bits per heavy atom. The molecule has 1 heterocycles. The molecule has 1 aromatic heterocycles. The summed E-state index contributed by atoms with van der Waals surface area (Å²) < 4.78 is 2.57. The Hall–Kier alpha value is -5.86. The number of para-hydroxylation sites is 1. The van der Waals surface area contributed by atoms with Crippen LogP contribution in [0.2, 0.25) is 0 Å². The number of hydrogen-bond donors (Lipinski definition) is 0. The molecule has 1 unspecified atom stereocenters. The van der Waals surface area contributed by atoms with Gasteiger partial charge in [0.05, 0.1) is 16.7 Å². The molecule has 2 nitrogen and oxygen atoms in total. The highest BCUT2D eigenvalue weighted by Gasteiger charge is 2.26. The van der Waals surface area contributed by atoms with Crippen LogP contribution in [0.4, 0.5) is 5.69 Å². The van der Waals surface area contributed by atoms with Crippen molar-refractivity contribution in [3.8, 4) is 11.1 Å². The number of hydrogen-bond acceptors (Lipinski definition) is 1. The second-order valence-corrected chi connectivity index (χ2v) is 20.1. The fourth-order valence-electron chi connectivity index (χ4n) is 9.31. The van der Waals surface area contributed by atoms with Gasteiger partial charge in [0, 0.05) is 33.4 Å². The first-order chi connectivity index (χ1) is 31.7. The second kappa shape index (κ2) is 22.6. The van der Waals surface area contributed by atoms with Crippen molar-refractivity contribution >= 4 is 38.8 Å². The van der Waals surface area contributed by atoms with Gasteiger partial charge in [-0.25, -0.2) is 0 Å². The van der Waals surface area contributed by atoms with Crippen LogP contribution in [0.25, 0.3) is 44.2 Å². The van der Waals surface area contributed by atoms with Crippen molar-refractivity contribution in [2.24, 2.45) is 5.92 Å². The lowest BCUT2D eigenvalue weighted by atomic mass is 9.83. The van der Waals surface area contributed by atoms with Gasteiger partial charge in [-0.2, -0.15) is 0 Å². The van der Waals surface area contributed by atoms with Gasteiger partial charge in [-0.05, 0) is 152 Å². The first kappa shape index (κ1) is 49.6. The van der Waals surface area contributed by atoms with E-state index in [1.807, 2.05) is 0 Å². The van der Waals surface area contributed by atoms with Gasteiger partial charge >= 0.3 is 0 Å². The molecule has 0 spiro atoms. The second-order valence-electron chi connectivity index (χ2n) is 20.1. The molecule has 1 atom stereocenters. The number of unbranched alkanes of at least 4 members (excludes halogenated alkanes) is 2. The van der Waals surface area contributed by atoms with Gasteiger partial charge in [-0.15, -0.1) is 0 Å². The van der Waals surface area contributed by atoms with Gasteiger partial charge < -0.3 is 9.47 Å². The minimum absolute atomic E-state index is 0.00529. The van der Waals surface area contributed by atoms with Crippen LogP contribution < -0.4 is 4.90 Å². The van der Waals surface area contributed by atoms with E-state index >= 15 is 0 Å². The minimum atomic E-state index is -0.0817. The van der Waals surface area contributed by atoms with Crippen LogP contribution in [0, 0.1) is 5.92 Å². The van der Waals surface area contributed by atoms with Crippen LogP contribution in [0.1, 0.15) is 145 Å². The molecule has 0 fully saturated rings. The van der Waals surface area contributed by atoms with Gasteiger partial charge in [0.15, 0.2) is 0 Å². The molecule has 0 N–H and O–H groups in total. The molecule has 0 saturated carbocycles. The van der Waals surface area contributed by atoms with Crippen LogP contribution in [-0.2, 0) is 10.8 Å². The van der Waals surface area contributed by atoms with E-state index in [0.29, 0.717) is 5.92 Å². The van der Waals surface area contributed by atoms with E-state index in [0.717, 1.165) is 44.9 Å². The summed E-state index contributed by atoms with van der Waals surface area (Å²) in [5.41, 5.74) is 16.3.